The van der Waals surface area contributed by atoms with Crippen molar-refractivity contribution >= 4 is 27.5 Å². The first-order valence-corrected chi connectivity index (χ1v) is 4.88. The minimum absolute atomic E-state index is 0.0535. The second-order valence-corrected chi connectivity index (χ2v) is 3.65. The Bertz CT molecular complexity index is 317. The van der Waals surface area contributed by atoms with Crippen molar-refractivity contribution in [2.75, 3.05) is 0 Å². The Morgan fingerprint density at radius 2 is 2.23 bits per heavy atom. The Balaban J connectivity index is 3.30. The lowest BCUT2D eigenvalue weighted by atomic mass is 10.1. The maximum atomic E-state index is 12.4. The van der Waals surface area contributed by atoms with Gasteiger partial charge in [-0.15, -0.1) is 11.6 Å². The Morgan fingerprint density at radius 1 is 1.62 bits per heavy atom. The van der Waals surface area contributed by atoms with Crippen molar-refractivity contribution < 1.29 is 8.78 Å². The van der Waals surface area contributed by atoms with E-state index in [1.165, 1.54) is 6.20 Å². The van der Waals surface area contributed by atoms with Crippen LogP contribution in [0, 0.1) is 6.92 Å². The highest BCUT2D eigenvalue weighted by Crippen LogP contribution is 2.28. The number of pyridine rings is 1. The molecular weight excluding hydrogens is 263 g/mol. The molecule has 0 spiro atoms. The maximum Gasteiger partial charge on any atom is 0.280 e. The fourth-order valence-electron chi connectivity index (χ4n) is 0.994. The van der Waals surface area contributed by atoms with Gasteiger partial charge in [0.25, 0.3) is 6.43 Å². The topological polar surface area (TPSA) is 12.9 Å². The highest BCUT2D eigenvalue weighted by Gasteiger charge is 2.17. The van der Waals surface area contributed by atoms with Crippen LogP contribution in [0.15, 0.2) is 10.7 Å². The van der Waals surface area contributed by atoms with E-state index in [1.54, 1.807) is 6.92 Å². The SMILES string of the molecule is Cc1c(Br)cnc(C(F)F)c1CCl. The monoisotopic (exact) mass is 269 g/mol. The van der Waals surface area contributed by atoms with Crippen LogP contribution in [-0.2, 0) is 5.88 Å². The molecule has 1 heterocycles. The first-order chi connectivity index (χ1) is 6.07. The summed E-state index contributed by atoms with van der Waals surface area (Å²) < 4.78 is 25.5. The van der Waals surface area contributed by atoms with Gasteiger partial charge in [-0.1, -0.05) is 0 Å². The quantitative estimate of drug-likeness (QED) is 0.744. The number of hydrogen-bond donors (Lipinski definition) is 0. The fourth-order valence-corrected chi connectivity index (χ4v) is 1.67. The number of rotatable bonds is 2. The molecule has 0 aliphatic heterocycles. The maximum absolute atomic E-state index is 12.4. The van der Waals surface area contributed by atoms with Gasteiger partial charge in [-0.3, -0.25) is 4.98 Å². The van der Waals surface area contributed by atoms with E-state index in [9.17, 15) is 8.78 Å². The summed E-state index contributed by atoms with van der Waals surface area (Å²) in [7, 11) is 0. The molecule has 5 heteroatoms. The zero-order valence-electron chi connectivity index (χ0n) is 6.82. The molecule has 0 aliphatic carbocycles. The summed E-state index contributed by atoms with van der Waals surface area (Å²) in [4.78, 5) is 3.63. The molecule has 13 heavy (non-hydrogen) atoms. The van der Waals surface area contributed by atoms with E-state index in [4.69, 9.17) is 11.6 Å². The zero-order valence-corrected chi connectivity index (χ0v) is 9.16. The molecular formula is C8H7BrClF2N. The standard InChI is InChI=1S/C8H7BrClF2N/c1-4-5(2-10)7(8(11)12)13-3-6(4)9/h3,8H,2H2,1H3. The van der Waals surface area contributed by atoms with Gasteiger partial charge in [0.15, 0.2) is 0 Å². The van der Waals surface area contributed by atoms with E-state index in [0.29, 0.717) is 10.0 Å². The van der Waals surface area contributed by atoms with Crippen molar-refractivity contribution in [3.8, 4) is 0 Å². The van der Waals surface area contributed by atoms with Crippen molar-refractivity contribution in [3.63, 3.8) is 0 Å². The summed E-state index contributed by atoms with van der Waals surface area (Å²) in [5.41, 5.74) is 0.905. The highest BCUT2D eigenvalue weighted by atomic mass is 79.9. The molecule has 1 nitrogen and oxygen atoms in total. The van der Waals surface area contributed by atoms with Crippen molar-refractivity contribution in [2.45, 2.75) is 19.2 Å². The van der Waals surface area contributed by atoms with E-state index in [2.05, 4.69) is 20.9 Å². The lowest BCUT2D eigenvalue weighted by Crippen LogP contribution is -2.00. The third kappa shape index (κ3) is 2.17. The van der Waals surface area contributed by atoms with Crippen molar-refractivity contribution in [1.29, 1.82) is 0 Å². The molecule has 0 fully saturated rings. The minimum atomic E-state index is -2.57. The van der Waals surface area contributed by atoms with Crippen LogP contribution in [0.5, 0.6) is 0 Å². The van der Waals surface area contributed by atoms with Crippen LogP contribution in [0.2, 0.25) is 0 Å². The van der Waals surface area contributed by atoms with Crippen LogP contribution in [-0.4, -0.2) is 4.98 Å². The van der Waals surface area contributed by atoms with Crippen LogP contribution in [0.1, 0.15) is 23.2 Å². The van der Waals surface area contributed by atoms with E-state index < -0.39 is 6.43 Å². The van der Waals surface area contributed by atoms with Gasteiger partial charge in [0, 0.05) is 16.5 Å². The van der Waals surface area contributed by atoms with Crippen LogP contribution >= 0.6 is 27.5 Å². The highest BCUT2D eigenvalue weighted by molar-refractivity contribution is 9.10. The molecule has 72 valence electrons. The summed E-state index contributed by atoms with van der Waals surface area (Å²) >= 11 is 8.76. The second-order valence-electron chi connectivity index (χ2n) is 2.53. The average molecular weight is 271 g/mol. The molecule has 1 aromatic rings. The Morgan fingerprint density at radius 3 is 2.69 bits per heavy atom. The molecule has 0 unspecified atom stereocenters. The molecule has 0 N–H and O–H groups in total. The predicted molar refractivity (Wildman–Crippen MR) is 51.2 cm³/mol. The Labute approximate surface area is 88.2 Å². The molecule has 0 bridgehead atoms. The molecule has 0 aliphatic rings. The summed E-state index contributed by atoms with van der Waals surface area (Å²) in [5.74, 6) is 0.0535. The van der Waals surface area contributed by atoms with E-state index in [-0.39, 0.29) is 11.6 Å². The second kappa shape index (κ2) is 4.33. The lowest BCUT2D eigenvalue weighted by Gasteiger charge is -2.09. The van der Waals surface area contributed by atoms with Gasteiger partial charge >= 0.3 is 0 Å². The summed E-state index contributed by atoms with van der Waals surface area (Å²) in [6.45, 7) is 1.73. The first kappa shape index (κ1) is 10.9. The van der Waals surface area contributed by atoms with Crippen LogP contribution < -0.4 is 0 Å². The van der Waals surface area contributed by atoms with Gasteiger partial charge in [0.1, 0.15) is 5.69 Å². The Hall–Kier alpha value is -0.220. The number of halogens is 4. The smallest absolute Gasteiger partial charge is 0.254 e. The summed E-state index contributed by atoms with van der Waals surface area (Å²) in [5, 5.41) is 0. The molecule has 0 radical (unpaired) electrons. The van der Waals surface area contributed by atoms with Crippen LogP contribution in [0.25, 0.3) is 0 Å². The first-order valence-electron chi connectivity index (χ1n) is 3.56. The molecule has 1 rings (SSSR count). The normalized spacial score (nSPS) is 10.9. The largest absolute Gasteiger partial charge is 0.280 e. The molecule has 0 saturated heterocycles. The third-order valence-electron chi connectivity index (χ3n) is 1.78. The molecule has 0 amide bonds. The third-order valence-corrected chi connectivity index (χ3v) is 2.84. The van der Waals surface area contributed by atoms with Crippen LogP contribution in [0.3, 0.4) is 0 Å². The van der Waals surface area contributed by atoms with E-state index in [0.717, 1.165) is 5.56 Å². The number of aromatic nitrogens is 1. The van der Waals surface area contributed by atoms with Crippen molar-refractivity contribution in [2.24, 2.45) is 0 Å². The zero-order chi connectivity index (χ0) is 10.0. The molecule has 0 aromatic carbocycles. The van der Waals surface area contributed by atoms with Gasteiger partial charge in [0.05, 0.1) is 0 Å². The molecule has 1 aromatic heterocycles. The molecule has 0 saturated carbocycles. The number of alkyl halides is 3. The average Bonchev–Trinajstić information content (AvgIpc) is 2.09. The van der Waals surface area contributed by atoms with E-state index >= 15 is 0 Å². The van der Waals surface area contributed by atoms with Crippen molar-refractivity contribution in [1.82, 2.24) is 4.98 Å². The fraction of sp³-hybridized carbons (Fsp3) is 0.375. The summed E-state index contributed by atoms with van der Waals surface area (Å²) in [6.07, 6.45) is -1.20. The number of nitrogens with zero attached hydrogens (tertiary/aromatic N) is 1. The minimum Gasteiger partial charge on any atom is -0.254 e. The Kier molecular flexibility index (Phi) is 3.62. The number of hydrogen-bond acceptors (Lipinski definition) is 1. The van der Waals surface area contributed by atoms with Gasteiger partial charge in [-0.25, -0.2) is 8.78 Å². The summed E-state index contributed by atoms with van der Waals surface area (Å²) in [6, 6.07) is 0. The van der Waals surface area contributed by atoms with Crippen molar-refractivity contribution in [3.05, 3.63) is 27.5 Å². The van der Waals surface area contributed by atoms with Gasteiger partial charge in [0.2, 0.25) is 0 Å². The van der Waals surface area contributed by atoms with Gasteiger partial charge < -0.3 is 0 Å². The van der Waals surface area contributed by atoms with Gasteiger partial charge in [-0.2, -0.15) is 0 Å². The molecule has 0 atom stereocenters. The lowest BCUT2D eigenvalue weighted by molar-refractivity contribution is 0.145. The van der Waals surface area contributed by atoms with Gasteiger partial charge in [-0.05, 0) is 34.0 Å². The predicted octanol–water partition coefficient (Wildman–Crippen LogP) is 3.83. The van der Waals surface area contributed by atoms with Crippen LogP contribution in [0.4, 0.5) is 8.78 Å². The van der Waals surface area contributed by atoms with E-state index in [1.807, 2.05) is 0 Å².